The number of hydrogen-bond donors (Lipinski definition) is 0. The van der Waals surface area contributed by atoms with Gasteiger partial charge in [-0.15, -0.1) is 0 Å². The Morgan fingerprint density at radius 3 is 2.29 bits per heavy atom. The summed E-state index contributed by atoms with van der Waals surface area (Å²) in [5.41, 5.74) is 0.621. The zero-order valence-electron chi connectivity index (χ0n) is 15.8. The van der Waals surface area contributed by atoms with E-state index in [2.05, 4.69) is 0 Å². The Labute approximate surface area is 169 Å². The number of amides is 2. The molecule has 1 fully saturated rings. The highest BCUT2D eigenvalue weighted by Gasteiger charge is 2.24. The third-order valence-electron chi connectivity index (χ3n) is 4.64. The maximum atomic E-state index is 12.6. The van der Waals surface area contributed by atoms with Crippen molar-refractivity contribution in [1.82, 2.24) is 9.80 Å². The number of halogens is 1. The van der Waals surface area contributed by atoms with Crippen LogP contribution in [0.2, 0.25) is 5.02 Å². The van der Waals surface area contributed by atoms with Crippen molar-refractivity contribution in [1.29, 1.82) is 0 Å². The van der Waals surface area contributed by atoms with Crippen molar-refractivity contribution in [2.75, 3.05) is 39.9 Å². The number of hydrogen-bond acceptors (Lipinski definition) is 4. The van der Waals surface area contributed by atoms with Crippen molar-refractivity contribution >= 4 is 23.4 Å². The smallest absolute Gasteiger partial charge is 0.253 e. The molecule has 0 radical (unpaired) electrons. The lowest BCUT2D eigenvalue weighted by atomic mass is 10.1. The van der Waals surface area contributed by atoms with Crippen LogP contribution >= 0.6 is 11.6 Å². The zero-order valence-corrected chi connectivity index (χ0v) is 16.5. The van der Waals surface area contributed by atoms with E-state index >= 15 is 0 Å². The average molecular weight is 403 g/mol. The van der Waals surface area contributed by atoms with Crippen molar-refractivity contribution in [3.63, 3.8) is 0 Å². The summed E-state index contributed by atoms with van der Waals surface area (Å²) >= 11 is 5.91. The molecule has 1 aliphatic rings. The van der Waals surface area contributed by atoms with Gasteiger partial charge >= 0.3 is 0 Å². The van der Waals surface area contributed by atoms with Gasteiger partial charge in [0.25, 0.3) is 5.91 Å². The van der Waals surface area contributed by atoms with Crippen molar-refractivity contribution in [3.8, 4) is 11.5 Å². The zero-order chi connectivity index (χ0) is 19.9. The van der Waals surface area contributed by atoms with Crippen molar-refractivity contribution in [3.05, 3.63) is 59.1 Å². The fraction of sp³-hybridized carbons (Fsp3) is 0.333. The van der Waals surface area contributed by atoms with Crippen LogP contribution in [0.3, 0.4) is 0 Å². The molecule has 28 heavy (non-hydrogen) atoms. The molecule has 3 rings (SSSR count). The van der Waals surface area contributed by atoms with E-state index in [4.69, 9.17) is 21.1 Å². The Balaban J connectivity index is 1.43. The quantitative estimate of drug-likeness (QED) is 0.745. The molecule has 6 nitrogen and oxygen atoms in total. The maximum absolute atomic E-state index is 12.6. The molecule has 0 aliphatic carbocycles. The summed E-state index contributed by atoms with van der Waals surface area (Å²) < 4.78 is 10.7. The molecule has 1 heterocycles. The Morgan fingerprint density at radius 1 is 0.964 bits per heavy atom. The molecule has 2 amide bonds. The number of nitrogens with zero attached hydrogens (tertiary/aromatic N) is 2. The summed E-state index contributed by atoms with van der Waals surface area (Å²) in [6, 6.07) is 14.2. The Hall–Kier alpha value is -2.73. The summed E-state index contributed by atoms with van der Waals surface area (Å²) in [7, 11) is 1.59. The van der Waals surface area contributed by atoms with E-state index in [-0.39, 0.29) is 11.8 Å². The first-order chi connectivity index (χ1) is 13.6. The van der Waals surface area contributed by atoms with Gasteiger partial charge in [0.15, 0.2) is 0 Å². The monoisotopic (exact) mass is 402 g/mol. The van der Waals surface area contributed by atoms with E-state index in [1.807, 2.05) is 0 Å². The average Bonchev–Trinajstić information content (AvgIpc) is 2.73. The van der Waals surface area contributed by atoms with Crippen LogP contribution in [-0.2, 0) is 4.79 Å². The topological polar surface area (TPSA) is 59.1 Å². The van der Waals surface area contributed by atoms with Crippen LogP contribution in [0, 0.1) is 0 Å². The molecule has 0 bridgehead atoms. The van der Waals surface area contributed by atoms with E-state index in [1.165, 1.54) is 0 Å². The molecule has 2 aromatic rings. The van der Waals surface area contributed by atoms with Crippen LogP contribution in [0.15, 0.2) is 48.5 Å². The largest absolute Gasteiger partial charge is 0.497 e. The fourth-order valence-electron chi connectivity index (χ4n) is 3.05. The summed E-state index contributed by atoms with van der Waals surface area (Å²) in [4.78, 5) is 28.5. The van der Waals surface area contributed by atoms with Gasteiger partial charge in [-0.25, -0.2) is 0 Å². The van der Waals surface area contributed by atoms with Gasteiger partial charge in [-0.2, -0.15) is 0 Å². The standard InChI is InChI=1S/C21H23ClN2O4/c1-27-18-7-5-16(6-8-18)21(26)24-12-10-23(11-13-24)20(25)9-14-28-19-4-2-3-17(22)15-19/h2-8,15H,9-14H2,1H3. The first-order valence-electron chi connectivity index (χ1n) is 9.16. The lowest BCUT2D eigenvalue weighted by Gasteiger charge is -2.35. The highest BCUT2D eigenvalue weighted by Crippen LogP contribution is 2.18. The van der Waals surface area contributed by atoms with E-state index in [0.29, 0.717) is 61.3 Å². The molecule has 1 saturated heterocycles. The van der Waals surface area contributed by atoms with E-state index in [1.54, 1.807) is 65.4 Å². The number of rotatable bonds is 6. The molecular formula is C21H23ClN2O4. The van der Waals surface area contributed by atoms with Gasteiger partial charge in [-0.3, -0.25) is 9.59 Å². The Bertz CT molecular complexity index is 817. The fourth-order valence-corrected chi connectivity index (χ4v) is 3.23. The van der Waals surface area contributed by atoms with Gasteiger partial charge in [0.05, 0.1) is 20.1 Å². The summed E-state index contributed by atoms with van der Waals surface area (Å²) in [6.45, 7) is 2.39. The summed E-state index contributed by atoms with van der Waals surface area (Å²) in [6.07, 6.45) is 0.291. The van der Waals surface area contributed by atoms with Gasteiger partial charge < -0.3 is 19.3 Å². The molecule has 0 spiro atoms. The molecule has 7 heteroatoms. The van der Waals surface area contributed by atoms with Gasteiger partial charge in [-0.05, 0) is 42.5 Å². The predicted octanol–water partition coefficient (Wildman–Crippen LogP) is 3.10. The normalized spacial score (nSPS) is 13.9. The third-order valence-corrected chi connectivity index (χ3v) is 4.87. The molecule has 0 N–H and O–H groups in total. The number of carbonyl (C=O) groups excluding carboxylic acids is 2. The lowest BCUT2D eigenvalue weighted by Crippen LogP contribution is -2.50. The number of benzene rings is 2. The van der Waals surface area contributed by atoms with E-state index < -0.39 is 0 Å². The van der Waals surface area contributed by atoms with Crippen LogP contribution in [0.4, 0.5) is 0 Å². The molecule has 148 valence electrons. The molecule has 0 atom stereocenters. The van der Waals surface area contributed by atoms with Crippen molar-refractivity contribution in [2.45, 2.75) is 6.42 Å². The molecule has 0 saturated carbocycles. The number of methoxy groups -OCH3 is 1. The van der Waals surface area contributed by atoms with Crippen LogP contribution in [-0.4, -0.2) is 61.5 Å². The number of ether oxygens (including phenoxy) is 2. The maximum Gasteiger partial charge on any atom is 0.253 e. The number of piperazine rings is 1. The SMILES string of the molecule is COc1ccc(C(=O)N2CCN(C(=O)CCOc3cccc(Cl)c3)CC2)cc1. The number of carbonyl (C=O) groups is 2. The van der Waals surface area contributed by atoms with Crippen molar-refractivity contribution in [2.24, 2.45) is 0 Å². The van der Waals surface area contributed by atoms with Gasteiger partial charge in [0.2, 0.25) is 5.91 Å². The van der Waals surface area contributed by atoms with Crippen LogP contribution < -0.4 is 9.47 Å². The minimum Gasteiger partial charge on any atom is -0.497 e. The Morgan fingerprint density at radius 2 is 1.64 bits per heavy atom. The third kappa shape index (κ3) is 5.16. The van der Waals surface area contributed by atoms with Gasteiger partial charge in [0.1, 0.15) is 11.5 Å². The second-order valence-electron chi connectivity index (χ2n) is 6.46. The highest BCUT2D eigenvalue weighted by molar-refractivity contribution is 6.30. The molecule has 2 aromatic carbocycles. The molecule has 1 aliphatic heterocycles. The van der Waals surface area contributed by atoms with Crippen LogP contribution in [0.1, 0.15) is 16.8 Å². The van der Waals surface area contributed by atoms with E-state index in [9.17, 15) is 9.59 Å². The first-order valence-corrected chi connectivity index (χ1v) is 9.54. The Kier molecular flexibility index (Phi) is 6.76. The molecular weight excluding hydrogens is 380 g/mol. The summed E-state index contributed by atoms with van der Waals surface area (Å²) in [5, 5.41) is 0.599. The predicted molar refractivity (Wildman–Crippen MR) is 107 cm³/mol. The van der Waals surface area contributed by atoms with Crippen LogP contribution in [0.25, 0.3) is 0 Å². The van der Waals surface area contributed by atoms with E-state index in [0.717, 1.165) is 0 Å². The molecule has 0 unspecified atom stereocenters. The lowest BCUT2D eigenvalue weighted by molar-refractivity contribution is -0.133. The van der Waals surface area contributed by atoms with Gasteiger partial charge in [0, 0.05) is 36.8 Å². The highest BCUT2D eigenvalue weighted by atomic mass is 35.5. The second kappa shape index (κ2) is 9.46. The first kappa shape index (κ1) is 20.0. The van der Waals surface area contributed by atoms with Gasteiger partial charge in [-0.1, -0.05) is 17.7 Å². The summed E-state index contributed by atoms with van der Waals surface area (Å²) in [5.74, 6) is 1.36. The van der Waals surface area contributed by atoms with Crippen LogP contribution in [0.5, 0.6) is 11.5 Å². The van der Waals surface area contributed by atoms with Crippen molar-refractivity contribution < 1.29 is 19.1 Å². The minimum absolute atomic E-state index is 0.0265. The second-order valence-corrected chi connectivity index (χ2v) is 6.89. The minimum atomic E-state index is -0.0287. The molecule has 0 aromatic heterocycles.